The summed E-state index contributed by atoms with van der Waals surface area (Å²) in [6.45, 7) is 2.99. The Balaban J connectivity index is 0.000000189. The number of benzene rings is 3. The molecule has 2 saturated carbocycles. The molecule has 2 aliphatic rings. The monoisotopic (exact) mass is 1010 g/mol. The first-order chi connectivity index (χ1) is 32.3. The summed E-state index contributed by atoms with van der Waals surface area (Å²) in [5.41, 5.74) is 6.77. The Morgan fingerprint density at radius 2 is 1.10 bits per heavy atom. The molecular weight excluding hydrogens is 970 g/mol. The molecule has 7 aromatic rings. The average Bonchev–Trinajstić information content (AvgIpc) is 4.16. The molecule has 0 saturated heterocycles. The van der Waals surface area contributed by atoms with Crippen LogP contribution < -0.4 is 26.6 Å². The maximum atomic E-state index is 13.7. The van der Waals surface area contributed by atoms with Gasteiger partial charge in [0.25, 0.3) is 11.8 Å². The molecule has 0 aliphatic heterocycles. The maximum absolute atomic E-state index is 13.7. The highest BCUT2D eigenvalue weighted by molar-refractivity contribution is 9.10. The van der Waals surface area contributed by atoms with Crippen molar-refractivity contribution in [1.29, 1.82) is 0 Å². The Morgan fingerprint density at radius 3 is 1.54 bits per heavy atom. The van der Waals surface area contributed by atoms with Gasteiger partial charge in [-0.05, 0) is 109 Å². The number of hydrogen-bond donors (Lipinski definition) is 5. The molecule has 0 radical (unpaired) electrons. The molecule has 22 heteroatoms. The van der Waals surface area contributed by atoms with Gasteiger partial charge >= 0.3 is 12.4 Å². The minimum atomic E-state index is -4.36. The lowest BCUT2D eigenvalue weighted by Gasteiger charge is -2.14. The van der Waals surface area contributed by atoms with Crippen LogP contribution >= 0.6 is 15.9 Å². The van der Waals surface area contributed by atoms with E-state index in [-0.39, 0.29) is 53.3 Å². The van der Waals surface area contributed by atoms with Crippen LogP contribution in [0.2, 0.25) is 0 Å². The van der Waals surface area contributed by atoms with E-state index in [0.29, 0.717) is 44.0 Å². The molecule has 2 aliphatic carbocycles. The Morgan fingerprint density at radius 1 is 0.647 bits per heavy atom. The van der Waals surface area contributed by atoms with Crippen LogP contribution in [0.4, 0.5) is 58.0 Å². The lowest BCUT2D eigenvalue weighted by Crippen LogP contribution is -2.26. The maximum Gasteiger partial charge on any atom is 0.390 e. The van der Waals surface area contributed by atoms with Gasteiger partial charge in [-0.2, -0.15) is 31.4 Å². The molecule has 0 spiro atoms. The second kappa shape index (κ2) is 19.4. The highest BCUT2D eigenvalue weighted by Gasteiger charge is 2.29. The smallest absolute Gasteiger partial charge is 0.382 e. The number of carbonyl (C=O) groups is 2. The summed E-state index contributed by atoms with van der Waals surface area (Å²) in [4.78, 5) is 33.6. The fourth-order valence-corrected chi connectivity index (χ4v) is 7.60. The van der Waals surface area contributed by atoms with E-state index in [9.17, 15) is 44.7 Å². The van der Waals surface area contributed by atoms with Gasteiger partial charge in [-0.3, -0.25) is 9.59 Å². The van der Waals surface area contributed by atoms with E-state index in [4.69, 9.17) is 0 Å². The van der Waals surface area contributed by atoms with Crippen LogP contribution in [0.1, 0.15) is 70.4 Å². The summed E-state index contributed by atoms with van der Waals surface area (Å²) >= 11 is 3.31. The molecule has 5 N–H and O–H groups in total. The van der Waals surface area contributed by atoms with E-state index in [1.165, 1.54) is 16.8 Å². The first-order valence-electron chi connectivity index (χ1n) is 21.4. The molecule has 4 heterocycles. The number of alkyl halides is 6. The van der Waals surface area contributed by atoms with Crippen molar-refractivity contribution in [3.05, 3.63) is 118 Å². The van der Waals surface area contributed by atoms with Crippen molar-refractivity contribution in [2.75, 3.05) is 29.0 Å². The first kappa shape index (κ1) is 47.6. The van der Waals surface area contributed by atoms with Gasteiger partial charge in [0.15, 0.2) is 17.1 Å². The third-order valence-corrected chi connectivity index (χ3v) is 11.2. The van der Waals surface area contributed by atoms with Gasteiger partial charge in [-0.15, -0.1) is 5.10 Å². The summed E-state index contributed by atoms with van der Waals surface area (Å²) in [6, 6.07) is 17.0. The van der Waals surface area contributed by atoms with E-state index in [1.54, 1.807) is 48.0 Å². The van der Waals surface area contributed by atoms with E-state index < -0.39 is 43.4 Å². The summed E-state index contributed by atoms with van der Waals surface area (Å²) in [5, 5.41) is 23.1. The molecule has 13 nitrogen and oxygen atoms in total. The number of hydrogen-bond acceptors (Lipinski definition) is 9. The van der Waals surface area contributed by atoms with Crippen molar-refractivity contribution < 1.29 is 44.7 Å². The third-order valence-electron chi connectivity index (χ3n) is 10.8. The van der Waals surface area contributed by atoms with Crippen LogP contribution in [0, 0.1) is 25.5 Å². The zero-order chi connectivity index (χ0) is 48.5. The first-order valence-corrected chi connectivity index (χ1v) is 22.2. The number of aryl methyl sites for hydroxylation is 2. The largest absolute Gasteiger partial charge is 0.390 e. The average molecular weight is 1010 g/mol. The van der Waals surface area contributed by atoms with Crippen molar-refractivity contribution in [1.82, 2.24) is 39.8 Å². The van der Waals surface area contributed by atoms with Crippen LogP contribution in [-0.4, -0.2) is 78.5 Å². The fraction of sp³-hybridized carbons (Fsp3) is 0.304. The van der Waals surface area contributed by atoms with E-state index in [2.05, 4.69) is 62.7 Å². The lowest BCUT2D eigenvalue weighted by molar-refractivity contribution is -0.132. The number of amides is 2. The van der Waals surface area contributed by atoms with Crippen molar-refractivity contribution >= 4 is 61.9 Å². The van der Waals surface area contributed by atoms with Crippen LogP contribution in [0.5, 0.6) is 0 Å². The minimum Gasteiger partial charge on any atom is -0.382 e. The molecule has 0 atom stereocenters. The van der Waals surface area contributed by atoms with Crippen molar-refractivity contribution in [3.63, 3.8) is 0 Å². The van der Waals surface area contributed by atoms with Gasteiger partial charge in [-0.1, -0.05) is 12.1 Å². The van der Waals surface area contributed by atoms with Crippen LogP contribution in [0.3, 0.4) is 0 Å². The molecular formula is C46H42BrF8N11O2. The molecule has 2 amide bonds. The third kappa shape index (κ3) is 12.0. The molecule has 68 heavy (non-hydrogen) atoms. The number of anilines is 4. The van der Waals surface area contributed by atoms with Gasteiger partial charge in [0.1, 0.15) is 16.2 Å². The standard InChI is InChI=1S/C26H23F5N6O.C20H19BrF3N5O/c1-14-8-15(2-5-20(14)25(38)35-18-3-4-18)22-13-33-24-21(32-7-6-26(29,30)31)12-23(36-37(22)24)34-19-10-16(27)9-17(28)11-19;1-11-8-12(2-5-14(11)19(30)27-13-3-4-13)16-10-26-18-15(9-17(21)28-29(16)18)25-7-6-20(22,23)24/h2,5,8-13,18,32H,3-4,6-7H2,1H3,(H,34,36)(H,35,38);2,5,8-10,13,25H,3-4,6-7H2,1H3,(H,27,30). The lowest BCUT2D eigenvalue weighted by atomic mass is 10.0. The van der Waals surface area contributed by atoms with Gasteiger partial charge < -0.3 is 26.6 Å². The Labute approximate surface area is 391 Å². The normalized spacial score (nSPS) is 13.8. The quantitative estimate of drug-likeness (QED) is 0.0670. The fourth-order valence-electron chi connectivity index (χ4n) is 7.21. The van der Waals surface area contributed by atoms with Crippen LogP contribution in [0.15, 0.2) is 83.7 Å². The highest BCUT2D eigenvalue weighted by Crippen LogP contribution is 2.32. The number of nitrogens with one attached hydrogen (secondary N) is 5. The van der Waals surface area contributed by atoms with Crippen molar-refractivity contribution in [2.45, 2.75) is 76.8 Å². The number of carbonyl (C=O) groups excluding carboxylic acids is 2. The number of halogens is 9. The molecule has 2 fully saturated rings. The zero-order valence-corrected chi connectivity index (χ0v) is 37.8. The Bertz CT molecular complexity index is 3000. The number of imidazole rings is 2. The number of fused-ring (bicyclic) bond motifs is 2. The topological polar surface area (TPSA) is 155 Å². The molecule has 3 aromatic carbocycles. The predicted octanol–water partition coefficient (Wildman–Crippen LogP) is 10.7. The Hall–Kier alpha value is -6.84. The summed E-state index contributed by atoms with van der Waals surface area (Å²) in [5.74, 6) is -1.73. The molecule has 356 valence electrons. The molecule has 4 aromatic heterocycles. The second-order valence-electron chi connectivity index (χ2n) is 16.5. The number of aromatic nitrogens is 6. The van der Waals surface area contributed by atoms with E-state index in [0.717, 1.165) is 60.6 Å². The Kier molecular flexibility index (Phi) is 13.6. The molecule has 0 unspecified atom stereocenters. The van der Waals surface area contributed by atoms with E-state index >= 15 is 0 Å². The van der Waals surface area contributed by atoms with Crippen molar-refractivity contribution in [2.24, 2.45) is 0 Å². The SMILES string of the molecule is Cc1cc(-c2cnc3c(NCCC(F)(F)F)cc(Br)nn23)ccc1C(=O)NC1CC1.Cc1cc(-c2cnc3c(NCCC(F)(F)F)cc(Nc4cc(F)cc(F)c4)nn23)ccc1C(=O)NC1CC1. The van der Waals surface area contributed by atoms with Crippen LogP contribution in [-0.2, 0) is 0 Å². The second-order valence-corrected chi connectivity index (χ2v) is 17.3. The van der Waals surface area contributed by atoms with Gasteiger partial charge in [0.2, 0.25) is 0 Å². The zero-order valence-electron chi connectivity index (χ0n) is 36.2. The molecule has 0 bridgehead atoms. The van der Waals surface area contributed by atoms with E-state index in [1.807, 2.05) is 19.1 Å². The van der Waals surface area contributed by atoms with Gasteiger partial charge in [0, 0.05) is 65.2 Å². The number of nitrogens with zero attached hydrogens (tertiary/aromatic N) is 6. The summed E-state index contributed by atoms with van der Waals surface area (Å²) in [7, 11) is 0. The summed E-state index contributed by atoms with van der Waals surface area (Å²) in [6.07, 6.45) is -3.52. The molecule has 9 rings (SSSR count). The predicted molar refractivity (Wildman–Crippen MR) is 243 cm³/mol. The van der Waals surface area contributed by atoms with Gasteiger partial charge in [-0.25, -0.2) is 27.8 Å². The summed E-state index contributed by atoms with van der Waals surface area (Å²) < 4.78 is 107. The number of rotatable bonds is 14. The van der Waals surface area contributed by atoms with Crippen molar-refractivity contribution in [3.8, 4) is 22.5 Å². The van der Waals surface area contributed by atoms with Crippen LogP contribution in [0.25, 0.3) is 33.8 Å². The minimum absolute atomic E-state index is 0.0686. The highest BCUT2D eigenvalue weighted by atomic mass is 79.9. The van der Waals surface area contributed by atoms with Gasteiger partial charge in [0.05, 0.1) is 48.0 Å².